The van der Waals surface area contributed by atoms with Crippen LogP contribution in [0.4, 0.5) is 0 Å². The van der Waals surface area contributed by atoms with Crippen LogP contribution in [-0.2, 0) is 0 Å². The highest BCUT2D eigenvalue weighted by Crippen LogP contribution is 2.67. The summed E-state index contributed by atoms with van der Waals surface area (Å²) in [6, 6.07) is 0. The van der Waals surface area contributed by atoms with Crippen molar-refractivity contribution in [2.24, 2.45) is 46.3 Å². The van der Waals surface area contributed by atoms with Crippen LogP contribution in [0.15, 0.2) is 11.6 Å². The summed E-state index contributed by atoms with van der Waals surface area (Å²) in [5.74, 6) is 2.85. The van der Waals surface area contributed by atoms with Gasteiger partial charge in [0, 0.05) is 0 Å². The average molecular weight is 405 g/mol. The molecule has 0 saturated heterocycles. The van der Waals surface area contributed by atoms with Gasteiger partial charge in [0.25, 0.3) is 0 Å². The van der Waals surface area contributed by atoms with Gasteiger partial charge in [0.1, 0.15) is 0 Å². The molecule has 0 amide bonds. The molecular formula is C27H46O2. The van der Waals surface area contributed by atoms with E-state index in [-0.39, 0.29) is 23.2 Å². The van der Waals surface area contributed by atoms with Gasteiger partial charge >= 0.3 is 0 Å². The Hall–Kier alpha value is -0.340. The molecule has 0 spiro atoms. The van der Waals surface area contributed by atoms with Crippen molar-refractivity contribution in [2.75, 3.05) is 0 Å². The van der Waals surface area contributed by atoms with Crippen LogP contribution in [0.1, 0.15) is 102 Å². The van der Waals surface area contributed by atoms with E-state index in [1.54, 1.807) is 6.08 Å². The van der Waals surface area contributed by atoms with Gasteiger partial charge in [0.15, 0.2) is 0 Å². The molecule has 29 heavy (non-hydrogen) atoms. The van der Waals surface area contributed by atoms with Crippen molar-refractivity contribution >= 4 is 0 Å². The van der Waals surface area contributed by atoms with Crippen molar-refractivity contribution < 1.29 is 13.0 Å². The fourth-order valence-electron chi connectivity index (χ4n) is 8.28. The lowest BCUT2D eigenvalue weighted by Crippen LogP contribution is -2.54. The number of rotatable bonds is 5. The molecular weight excluding hydrogens is 356 g/mol. The molecule has 4 aliphatic carbocycles. The number of aliphatic hydroxyl groups is 2. The van der Waals surface area contributed by atoms with E-state index in [0.717, 1.165) is 30.8 Å². The fourth-order valence-corrected chi connectivity index (χ4v) is 8.28. The third-order valence-electron chi connectivity index (χ3n) is 10.0. The molecule has 2 N–H and O–H groups in total. The second-order valence-electron chi connectivity index (χ2n) is 12.0. The van der Waals surface area contributed by atoms with Crippen molar-refractivity contribution in [1.29, 1.82) is 0 Å². The highest BCUT2D eigenvalue weighted by Gasteiger charge is 2.61. The molecule has 0 bridgehead atoms. The van der Waals surface area contributed by atoms with Crippen LogP contribution in [0, 0.1) is 46.3 Å². The first-order valence-electron chi connectivity index (χ1n) is 13.5. The number of hydrogen-bond acceptors (Lipinski definition) is 2. The van der Waals surface area contributed by atoms with E-state index in [0.29, 0.717) is 30.1 Å². The zero-order valence-corrected chi connectivity index (χ0v) is 19.5. The predicted octanol–water partition coefficient (Wildman–Crippen LogP) is 6.36. The Morgan fingerprint density at radius 2 is 1.79 bits per heavy atom. The van der Waals surface area contributed by atoms with Gasteiger partial charge in [-0.2, -0.15) is 0 Å². The summed E-state index contributed by atoms with van der Waals surface area (Å²) in [6.45, 7) is 11.8. The third kappa shape index (κ3) is 3.65. The van der Waals surface area contributed by atoms with Gasteiger partial charge in [-0.1, -0.05) is 65.5 Å². The van der Waals surface area contributed by atoms with E-state index in [2.05, 4.69) is 34.6 Å². The number of fused-ring (bicyclic) bond motifs is 5. The van der Waals surface area contributed by atoms with Gasteiger partial charge in [-0.3, -0.25) is 0 Å². The van der Waals surface area contributed by atoms with Gasteiger partial charge in [0.2, 0.25) is 0 Å². The lowest BCUT2D eigenvalue weighted by atomic mass is 9.46. The van der Waals surface area contributed by atoms with Crippen LogP contribution >= 0.6 is 0 Å². The van der Waals surface area contributed by atoms with E-state index >= 15 is 0 Å². The third-order valence-corrected chi connectivity index (χ3v) is 10.0. The second kappa shape index (κ2) is 7.97. The molecule has 0 aromatic carbocycles. The van der Waals surface area contributed by atoms with Gasteiger partial charge < -0.3 is 10.2 Å². The summed E-state index contributed by atoms with van der Waals surface area (Å²) in [5.41, 5.74) is 1.11. The molecule has 4 aliphatic rings. The lowest BCUT2D eigenvalue weighted by Gasteiger charge is -2.59. The zero-order valence-electron chi connectivity index (χ0n) is 21.5. The summed E-state index contributed by atoms with van der Waals surface area (Å²) in [5, 5.41) is 21.8. The largest absolute Gasteiger partial charge is 0.393 e. The van der Waals surface area contributed by atoms with Gasteiger partial charge in [-0.05, 0) is 91.3 Å². The predicted molar refractivity (Wildman–Crippen MR) is 120 cm³/mol. The molecule has 166 valence electrons. The van der Waals surface area contributed by atoms with Crippen LogP contribution in [0.25, 0.3) is 0 Å². The van der Waals surface area contributed by atoms with E-state index in [1.807, 2.05) is 0 Å². The number of hydrogen-bond donors (Lipinski definition) is 2. The Morgan fingerprint density at radius 3 is 2.52 bits per heavy atom. The van der Waals surface area contributed by atoms with Crippen molar-refractivity contribution in [3.8, 4) is 0 Å². The minimum atomic E-state index is -1.57. The molecule has 2 heteroatoms. The van der Waals surface area contributed by atoms with Crippen LogP contribution in [-0.4, -0.2) is 22.4 Å². The molecule has 0 aromatic rings. The summed E-state index contributed by atoms with van der Waals surface area (Å²) in [7, 11) is 0. The maximum absolute atomic E-state index is 11.4. The Labute approximate surface area is 182 Å². The summed E-state index contributed by atoms with van der Waals surface area (Å²) < 4.78 is 17.2. The summed E-state index contributed by atoms with van der Waals surface area (Å²) >= 11 is 0. The first-order valence-corrected chi connectivity index (χ1v) is 12.5. The van der Waals surface area contributed by atoms with Gasteiger partial charge in [-0.15, -0.1) is 0 Å². The summed E-state index contributed by atoms with van der Waals surface area (Å²) in [6.07, 6.45) is 8.89. The molecule has 4 rings (SSSR count). The summed E-state index contributed by atoms with van der Waals surface area (Å²) in [4.78, 5) is 0. The minimum Gasteiger partial charge on any atom is -0.393 e. The maximum atomic E-state index is 11.4. The fraction of sp³-hybridized carbons (Fsp3) is 0.926. The molecule has 3 fully saturated rings. The van der Waals surface area contributed by atoms with Gasteiger partial charge in [-0.25, -0.2) is 0 Å². The monoisotopic (exact) mass is 404 g/mol. The topological polar surface area (TPSA) is 40.5 Å². The molecule has 0 aromatic heterocycles. The lowest BCUT2D eigenvalue weighted by molar-refractivity contribution is -0.0970. The van der Waals surface area contributed by atoms with E-state index in [1.165, 1.54) is 32.1 Å². The molecule has 0 heterocycles. The molecule has 9 atom stereocenters. The van der Waals surface area contributed by atoms with Crippen molar-refractivity contribution in [3.63, 3.8) is 0 Å². The zero-order chi connectivity index (χ0) is 22.8. The minimum absolute atomic E-state index is 0.0233. The van der Waals surface area contributed by atoms with E-state index < -0.39 is 12.2 Å². The van der Waals surface area contributed by atoms with Crippen molar-refractivity contribution in [3.05, 3.63) is 11.6 Å². The SMILES string of the molecule is [2H][C@]1(O)CC[C@@]2(C)C(=C[C@]([2H])(O)[C@H]3[C@@H]4CC[C@H]([C@H](C)CCCC(C)C)[C@@]4(C)CC[C@@H]32)C1. The molecule has 2 nitrogen and oxygen atoms in total. The van der Waals surface area contributed by atoms with Gasteiger partial charge in [0.05, 0.1) is 14.9 Å². The smallest absolute Gasteiger partial charge is 0.0757 e. The standard InChI is InChI=1S/C27H46O2/c1-17(2)7-6-8-18(3)21-9-10-22-25-23(12-14-27(21,22)5)26(4)13-11-20(28)15-19(26)16-24(25)29/h16-18,20-25,28-29H,6-15H2,1-5H3/t18-,20+,21-,22+,23+,24+,25+,26+,27-/m1/s1/i20D,24D. The Bertz CT molecular complexity index is 714. The van der Waals surface area contributed by atoms with Crippen LogP contribution in [0.3, 0.4) is 0 Å². The molecule has 0 aliphatic heterocycles. The second-order valence-corrected chi connectivity index (χ2v) is 12.0. The Morgan fingerprint density at radius 1 is 1.03 bits per heavy atom. The first kappa shape index (κ1) is 19.4. The Balaban J connectivity index is 1.59. The normalized spacial score (nSPS) is 54.0. The maximum Gasteiger partial charge on any atom is 0.0757 e. The van der Waals surface area contributed by atoms with Crippen LogP contribution < -0.4 is 0 Å². The van der Waals surface area contributed by atoms with Crippen molar-refractivity contribution in [2.45, 2.75) is 111 Å². The van der Waals surface area contributed by atoms with E-state index in [4.69, 9.17) is 2.74 Å². The average Bonchev–Trinajstić information content (AvgIpc) is 2.99. The van der Waals surface area contributed by atoms with Crippen molar-refractivity contribution in [1.82, 2.24) is 0 Å². The molecule has 0 radical (unpaired) electrons. The quantitative estimate of drug-likeness (QED) is 0.523. The van der Waals surface area contributed by atoms with Crippen LogP contribution in [0.2, 0.25) is 0 Å². The van der Waals surface area contributed by atoms with Crippen LogP contribution in [0.5, 0.6) is 0 Å². The first-order chi connectivity index (χ1) is 14.3. The van der Waals surface area contributed by atoms with E-state index in [9.17, 15) is 10.2 Å². The molecule has 0 unspecified atom stereocenters. The Kier molecular flexibility index (Phi) is 5.32. The highest BCUT2D eigenvalue weighted by molar-refractivity contribution is 5.27. The highest BCUT2D eigenvalue weighted by atomic mass is 16.3. The molecule has 3 saturated carbocycles.